The fourth-order valence-electron chi connectivity index (χ4n) is 4.84. The third-order valence-electron chi connectivity index (χ3n) is 6.50. The van der Waals surface area contributed by atoms with Gasteiger partial charge in [0.05, 0.1) is 19.6 Å². The maximum absolute atomic E-state index is 13.2. The van der Waals surface area contributed by atoms with E-state index in [-0.39, 0.29) is 5.91 Å². The molecule has 1 fully saturated rings. The van der Waals surface area contributed by atoms with E-state index in [1.165, 1.54) is 5.56 Å². The second-order valence-electron chi connectivity index (χ2n) is 8.61. The molecule has 3 aromatic rings. The molecule has 0 aliphatic carbocycles. The van der Waals surface area contributed by atoms with Crippen LogP contribution in [0.15, 0.2) is 67.0 Å². The summed E-state index contributed by atoms with van der Waals surface area (Å²) in [4.78, 5) is 19.7. The van der Waals surface area contributed by atoms with Gasteiger partial charge in [0.2, 0.25) is 5.91 Å². The molecule has 2 aromatic carbocycles. The van der Waals surface area contributed by atoms with E-state index in [4.69, 9.17) is 9.47 Å². The Morgan fingerprint density at radius 2 is 1.76 bits per heavy atom. The van der Waals surface area contributed by atoms with E-state index in [0.29, 0.717) is 13.0 Å². The average Bonchev–Trinajstić information content (AvgIpc) is 3.27. The van der Waals surface area contributed by atoms with Crippen LogP contribution in [0.5, 0.6) is 11.5 Å². The van der Waals surface area contributed by atoms with Crippen LogP contribution in [-0.4, -0.2) is 50.1 Å². The number of nitrogens with zero attached hydrogens (tertiary/aromatic N) is 2. The van der Waals surface area contributed by atoms with Crippen molar-refractivity contribution in [2.75, 3.05) is 34.4 Å². The summed E-state index contributed by atoms with van der Waals surface area (Å²) < 4.78 is 10.9. The number of pyridine rings is 1. The second kappa shape index (κ2) is 10.0. The van der Waals surface area contributed by atoms with Crippen molar-refractivity contribution in [3.05, 3.63) is 78.1 Å². The highest BCUT2D eigenvalue weighted by atomic mass is 16.5. The lowest BCUT2D eigenvalue weighted by Crippen LogP contribution is -2.43. The first kappa shape index (κ1) is 22.8. The summed E-state index contributed by atoms with van der Waals surface area (Å²) in [5.74, 6) is 1.64. The number of ether oxygens (including phenoxy) is 2. The quantitative estimate of drug-likeness (QED) is 0.569. The largest absolute Gasteiger partial charge is 0.497 e. The van der Waals surface area contributed by atoms with Crippen LogP contribution in [0.4, 0.5) is 0 Å². The maximum atomic E-state index is 13.2. The van der Waals surface area contributed by atoms with Gasteiger partial charge in [0.25, 0.3) is 0 Å². The van der Waals surface area contributed by atoms with E-state index in [1.807, 2.05) is 42.5 Å². The van der Waals surface area contributed by atoms with E-state index >= 15 is 0 Å². The number of methoxy groups -OCH3 is 2. The van der Waals surface area contributed by atoms with Crippen LogP contribution in [0.3, 0.4) is 0 Å². The lowest BCUT2D eigenvalue weighted by molar-refractivity contribution is -0.130. The lowest BCUT2D eigenvalue weighted by Gasteiger charge is -2.29. The van der Waals surface area contributed by atoms with Crippen LogP contribution in [0.2, 0.25) is 0 Å². The number of likely N-dealkylation sites (tertiary alicyclic amines) is 1. The number of hydrogen-bond donors (Lipinski definition) is 1. The number of carbonyl (C=O) groups is 1. The molecule has 1 aromatic heterocycles. The van der Waals surface area contributed by atoms with Gasteiger partial charge in [-0.05, 0) is 65.9 Å². The molecule has 0 unspecified atom stereocenters. The van der Waals surface area contributed by atoms with Gasteiger partial charge in [-0.1, -0.05) is 24.3 Å². The number of amides is 1. The Hall–Kier alpha value is -3.38. The van der Waals surface area contributed by atoms with Crippen LogP contribution in [0, 0.1) is 5.41 Å². The van der Waals surface area contributed by atoms with Gasteiger partial charge < -0.3 is 14.8 Å². The molecule has 1 atom stereocenters. The van der Waals surface area contributed by atoms with Crippen LogP contribution < -0.4 is 14.8 Å². The molecular formula is C27H31N3O3. The van der Waals surface area contributed by atoms with E-state index in [9.17, 15) is 4.79 Å². The number of nitrogens with one attached hydrogen (secondary N) is 1. The zero-order chi connectivity index (χ0) is 23.3. The molecule has 2 heterocycles. The molecule has 6 nitrogen and oxygen atoms in total. The van der Waals surface area contributed by atoms with Crippen molar-refractivity contribution < 1.29 is 14.3 Å². The van der Waals surface area contributed by atoms with Gasteiger partial charge in [-0.15, -0.1) is 0 Å². The van der Waals surface area contributed by atoms with Gasteiger partial charge in [-0.2, -0.15) is 0 Å². The Bertz CT molecular complexity index is 1080. The summed E-state index contributed by atoms with van der Waals surface area (Å²) in [7, 11) is 5.05. The van der Waals surface area contributed by atoms with Gasteiger partial charge in [-0.25, -0.2) is 0 Å². The molecule has 172 valence electrons. The molecule has 1 aliphatic rings. The minimum absolute atomic E-state index is 0.0951. The zero-order valence-electron chi connectivity index (χ0n) is 19.5. The number of aromatic nitrogens is 1. The van der Waals surface area contributed by atoms with Crippen LogP contribution >= 0.6 is 0 Å². The Kier molecular flexibility index (Phi) is 6.94. The van der Waals surface area contributed by atoms with Crippen molar-refractivity contribution in [2.24, 2.45) is 5.41 Å². The van der Waals surface area contributed by atoms with Crippen molar-refractivity contribution in [2.45, 2.75) is 19.4 Å². The van der Waals surface area contributed by atoms with Crippen molar-refractivity contribution in [3.63, 3.8) is 0 Å². The van der Waals surface area contributed by atoms with Crippen LogP contribution in [0.25, 0.3) is 11.1 Å². The van der Waals surface area contributed by atoms with Gasteiger partial charge >= 0.3 is 0 Å². The van der Waals surface area contributed by atoms with Gasteiger partial charge in [0.1, 0.15) is 11.5 Å². The second-order valence-corrected chi connectivity index (χ2v) is 8.61. The summed E-state index contributed by atoms with van der Waals surface area (Å²) in [6, 6.07) is 18.3. The van der Waals surface area contributed by atoms with E-state index in [0.717, 1.165) is 47.7 Å². The van der Waals surface area contributed by atoms with Gasteiger partial charge in [-0.3, -0.25) is 14.7 Å². The number of benzene rings is 2. The first-order valence-electron chi connectivity index (χ1n) is 11.2. The third kappa shape index (κ3) is 5.01. The highest BCUT2D eigenvalue weighted by molar-refractivity contribution is 5.84. The highest BCUT2D eigenvalue weighted by Gasteiger charge is 2.44. The molecule has 1 amide bonds. The molecule has 0 bridgehead atoms. The fraction of sp³-hybridized carbons (Fsp3) is 0.333. The molecular weight excluding hydrogens is 414 g/mol. The molecule has 0 saturated carbocycles. The van der Waals surface area contributed by atoms with E-state index < -0.39 is 5.41 Å². The minimum atomic E-state index is -0.485. The smallest absolute Gasteiger partial charge is 0.227 e. The summed E-state index contributed by atoms with van der Waals surface area (Å²) >= 11 is 0. The zero-order valence-corrected chi connectivity index (χ0v) is 19.5. The maximum Gasteiger partial charge on any atom is 0.227 e. The fourth-order valence-corrected chi connectivity index (χ4v) is 4.84. The number of carbonyl (C=O) groups excluding carboxylic acids is 1. The highest BCUT2D eigenvalue weighted by Crippen LogP contribution is 2.38. The van der Waals surface area contributed by atoms with Crippen molar-refractivity contribution >= 4 is 5.91 Å². The Balaban J connectivity index is 1.59. The molecule has 0 spiro atoms. The Morgan fingerprint density at radius 3 is 2.42 bits per heavy atom. The van der Waals surface area contributed by atoms with Gasteiger partial charge in [0.15, 0.2) is 0 Å². The van der Waals surface area contributed by atoms with Crippen LogP contribution in [-0.2, 0) is 17.8 Å². The number of hydrogen-bond acceptors (Lipinski definition) is 5. The molecule has 1 aliphatic heterocycles. The predicted molar refractivity (Wildman–Crippen MR) is 129 cm³/mol. The first-order valence-corrected chi connectivity index (χ1v) is 11.2. The molecule has 4 rings (SSSR count). The van der Waals surface area contributed by atoms with Gasteiger partial charge in [0, 0.05) is 38.6 Å². The average molecular weight is 446 g/mol. The lowest BCUT2D eigenvalue weighted by atomic mass is 9.78. The van der Waals surface area contributed by atoms with Crippen molar-refractivity contribution in [1.82, 2.24) is 15.2 Å². The topological polar surface area (TPSA) is 63.7 Å². The van der Waals surface area contributed by atoms with Crippen LogP contribution in [0.1, 0.15) is 17.5 Å². The van der Waals surface area contributed by atoms with E-state index in [2.05, 4.69) is 27.3 Å². The summed E-state index contributed by atoms with van der Waals surface area (Å²) in [5.41, 5.74) is 4.07. The van der Waals surface area contributed by atoms with E-state index in [1.54, 1.807) is 33.7 Å². The summed E-state index contributed by atoms with van der Waals surface area (Å²) in [6.45, 7) is 2.28. The normalized spacial score (nSPS) is 18.2. The summed E-state index contributed by atoms with van der Waals surface area (Å²) in [5, 5.41) is 2.93. The minimum Gasteiger partial charge on any atom is -0.497 e. The first-order chi connectivity index (χ1) is 16.1. The third-order valence-corrected chi connectivity index (χ3v) is 6.50. The standard InChI is InChI=1S/C27H31N3O3/c1-28-26(31)27(17-22-6-4-5-7-25(22)21-8-11-29-12-9-21)10-13-30(19-27)18-20-14-23(32-2)16-24(15-20)33-3/h4-9,11-12,14-16H,10,13,17-19H2,1-3H3,(H,28,31)/t27-/m0/s1. The monoisotopic (exact) mass is 445 g/mol. The van der Waals surface area contributed by atoms with Crippen molar-refractivity contribution in [3.8, 4) is 22.6 Å². The molecule has 6 heteroatoms. The molecule has 33 heavy (non-hydrogen) atoms. The Morgan fingerprint density at radius 1 is 1.06 bits per heavy atom. The molecule has 1 N–H and O–H groups in total. The SMILES string of the molecule is CNC(=O)[C@]1(Cc2ccccc2-c2ccncc2)CCN(Cc2cc(OC)cc(OC)c2)C1. The summed E-state index contributed by atoms with van der Waals surface area (Å²) in [6.07, 6.45) is 5.10. The van der Waals surface area contributed by atoms with Crippen molar-refractivity contribution in [1.29, 1.82) is 0 Å². The number of rotatable bonds is 8. The predicted octanol–water partition coefficient (Wildman–Crippen LogP) is 3.95. The molecule has 0 radical (unpaired) electrons. The Labute approximate surface area is 195 Å². The molecule has 1 saturated heterocycles.